The zero-order valence-electron chi connectivity index (χ0n) is 16.8. The molecule has 1 aromatic heterocycles. The van der Waals surface area contributed by atoms with Gasteiger partial charge in [0.15, 0.2) is 6.10 Å². The highest BCUT2D eigenvalue weighted by molar-refractivity contribution is 7.91. The second-order valence-electron chi connectivity index (χ2n) is 7.38. The van der Waals surface area contributed by atoms with Gasteiger partial charge in [-0.15, -0.1) is 11.3 Å². The molecule has 0 amide bonds. The molecular formula is C21H25NO5S2. The number of aryl methyl sites for hydroxylation is 2. The maximum Gasteiger partial charge on any atom is 0.310 e. The first kappa shape index (κ1) is 21.7. The van der Waals surface area contributed by atoms with E-state index in [4.69, 9.17) is 4.74 Å². The number of carbonyl (C=O) groups excluding carboxylic acids is 2. The summed E-state index contributed by atoms with van der Waals surface area (Å²) >= 11 is 1.16. The third kappa shape index (κ3) is 4.76. The van der Waals surface area contributed by atoms with Gasteiger partial charge >= 0.3 is 5.97 Å². The van der Waals surface area contributed by atoms with Gasteiger partial charge in [0.05, 0.1) is 5.92 Å². The summed E-state index contributed by atoms with van der Waals surface area (Å²) in [6, 6.07) is 8.63. The number of sulfonamides is 1. The van der Waals surface area contributed by atoms with Crippen molar-refractivity contribution in [2.24, 2.45) is 5.92 Å². The molecule has 1 aliphatic heterocycles. The Morgan fingerprint density at radius 2 is 1.97 bits per heavy atom. The van der Waals surface area contributed by atoms with Crippen LogP contribution in [0.25, 0.3) is 0 Å². The van der Waals surface area contributed by atoms with E-state index in [0.29, 0.717) is 24.9 Å². The molecule has 3 rings (SSSR count). The van der Waals surface area contributed by atoms with Crippen LogP contribution in [0.15, 0.2) is 39.9 Å². The van der Waals surface area contributed by atoms with E-state index in [2.05, 4.69) is 0 Å². The summed E-state index contributed by atoms with van der Waals surface area (Å²) in [6.45, 7) is 5.89. The smallest absolute Gasteiger partial charge is 0.310 e. The first-order valence-corrected chi connectivity index (χ1v) is 11.9. The summed E-state index contributed by atoms with van der Waals surface area (Å²) in [5, 5.41) is 1.71. The number of benzene rings is 1. The summed E-state index contributed by atoms with van der Waals surface area (Å²) in [5.74, 6) is -1.37. The number of hydrogen-bond acceptors (Lipinski definition) is 6. The van der Waals surface area contributed by atoms with Gasteiger partial charge in [-0.3, -0.25) is 9.59 Å². The van der Waals surface area contributed by atoms with Gasteiger partial charge in [-0.05, 0) is 62.3 Å². The highest BCUT2D eigenvalue weighted by Crippen LogP contribution is 2.27. The summed E-state index contributed by atoms with van der Waals surface area (Å²) in [5.41, 5.74) is 2.58. The normalized spacial score (nSPS) is 18.9. The van der Waals surface area contributed by atoms with Gasteiger partial charge in [0.2, 0.25) is 5.78 Å². The predicted octanol–water partition coefficient (Wildman–Crippen LogP) is 3.58. The molecule has 2 atom stereocenters. The summed E-state index contributed by atoms with van der Waals surface area (Å²) in [4.78, 5) is 25.3. The average Bonchev–Trinajstić information content (AvgIpc) is 3.25. The minimum absolute atomic E-state index is 0.0730. The van der Waals surface area contributed by atoms with Crippen LogP contribution in [0.3, 0.4) is 0 Å². The number of esters is 1. The molecule has 1 fully saturated rings. The van der Waals surface area contributed by atoms with E-state index in [1.165, 1.54) is 4.31 Å². The zero-order valence-corrected chi connectivity index (χ0v) is 18.4. The SMILES string of the molecule is Cc1ccc(C(=O)[C@H](C)OC(=O)[C@H]2CCCN(S(=O)(=O)c3cccs3)C2)cc1C. The van der Waals surface area contributed by atoms with Crippen LogP contribution < -0.4 is 0 Å². The largest absolute Gasteiger partial charge is 0.454 e. The molecule has 1 saturated heterocycles. The van der Waals surface area contributed by atoms with Crippen LogP contribution in [0, 0.1) is 19.8 Å². The van der Waals surface area contributed by atoms with Gasteiger partial charge in [-0.25, -0.2) is 8.42 Å². The molecule has 0 N–H and O–H groups in total. The molecule has 2 aromatic rings. The second-order valence-corrected chi connectivity index (χ2v) is 10.5. The van der Waals surface area contributed by atoms with Crippen molar-refractivity contribution in [3.63, 3.8) is 0 Å². The molecule has 8 heteroatoms. The Bertz CT molecular complexity index is 998. The number of piperidine rings is 1. The van der Waals surface area contributed by atoms with E-state index in [0.717, 1.165) is 22.5 Å². The minimum atomic E-state index is -3.60. The monoisotopic (exact) mass is 435 g/mol. The Morgan fingerprint density at radius 1 is 1.21 bits per heavy atom. The number of ether oxygens (including phenoxy) is 1. The Morgan fingerprint density at radius 3 is 2.62 bits per heavy atom. The predicted molar refractivity (Wildman–Crippen MR) is 112 cm³/mol. The van der Waals surface area contributed by atoms with Crippen LogP contribution in [0.4, 0.5) is 0 Å². The molecule has 0 bridgehead atoms. The van der Waals surface area contributed by atoms with E-state index < -0.39 is 28.0 Å². The van der Waals surface area contributed by atoms with Gasteiger partial charge in [0, 0.05) is 18.7 Å². The van der Waals surface area contributed by atoms with Crippen molar-refractivity contribution in [2.75, 3.05) is 13.1 Å². The van der Waals surface area contributed by atoms with Crippen molar-refractivity contribution in [1.29, 1.82) is 0 Å². The Kier molecular flexibility index (Phi) is 6.55. The highest BCUT2D eigenvalue weighted by atomic mass is 32.2. The van der Waals surface area contributed by atoms with Crippen LogP contribution >= 0.6 is 11.3 Å². The first-order valence-electron chi connectivity index (χ1n) is 9.55. The number of thiophene rings is 1. The van der Waals surface area contributed by atoms with E-state index in [-0.39, 0.29) is 16.5 Å². The van der Waals surface area contributed by atoms with E-state index in [1.54, 1.807) is 36.6 Å². The zero-order chi connectivity index (χ0) is 21.2. The highest BCUT2D eigenvalue weighted by Gasteiger charge is 2.35. The Labute approximate surface area is 175 Å². The fraction of sp³-hybridized carbons (Fsp3) is 0.429. The first-order chi connectivity index (χ1) is 13.7. The number of ketones is 1. The topological polar surface area (TPSA) is 80.8 Å². The lowest BCUT2D eigenvalue weighted by Crippen LogP contribution is -2.43. The lowest BCUT2D eigenvalue weighted by atomic mass is 9.99. The molecule has 0 saturated carbocycles. The summed E-state index contributed by atoms with van der Waals surface area (Å²) < 4.78 is 32.5. The Balaban J connectivity index is 1.65. The molecule has 0 radical (unpaired) electrons. The maximum absolute atomic E-state index is 12.7. The number of nitrogens with zero attached hydrogens (tertiary/aromatic N) is 1. The number of hydrogen-bond donors (Lipinski definition) is 0. The molecule has 1 aliphatic rings. The van der Waals surface area contributed by atoms with Crippen LogP contribution in [0.2, 0.25) is 0 Å². The number of Topliss-reactive ketones (excluding diaryl/α,β-unsaturated/α-hetero) is 1. The molecule has 2 heterocycles. The average molecular weight is 436 g/mol. The second kappa shape index (κ2) is 8.77. The molecule has 29 heavy (non-hydrogen) atoms. The fourth-order valence-electron chi connectivity index (χ4n) is 3.34. The van der Waals surface area contributed by atoms with Crippen molar-refractivity contribution >= 4 is 33.1 Å². The van der Waals surface area contributed by atoms with Gasteiger partial charge < -0.3 is 4.74 Å². The van der Waals surface area contributed by atoms with Gasteiger partial charge in [0.25, 0.3) is 10.0 Å². The van der Waals surface area contributed by atoms with Gasteiger partial charge in [-0.2, -0.15) is 4.31 Å². The molecule has 1 aromatic carbocycles. The number of carbonyl (C=O) groups is 2. The summed E-state index contributed by atoms with van der Waals surface area (Å²) in [6.07, 6.45) is 0.192. The number of rotatable bonds is 6. The molecule has 6 nitrogen and oxygen atoms in total. The lowest BCUT2D eigenvalue weighted by molar-refractivity contribution is -0.152. The summed E-state index contributed by atoms with van der Waals surface area (Å²) in [7, 11) is -3.60. The van der Waals surface area contributed by atoms with Crippen LogP contribution in [-0.4, -0.2) is 43.7 Å². The van der Waals surface area contributed by atoms with Gasteiger partial charge in [-0.1, -0.05) is 18.2 Å². The third-order valence-corrected chi connectivity index (χ3v) is 8.50. The lowest BCUT2D eigenvalue weighted by Gasteiger charge is -2.30. The quantitative estimate of drug-likeness (QED) is 0.512. The van der Waals surface area contributed by atoms with Crippen LogP contribution in [0.1, 0.15) is 41.3 Å². The van der Waals surface area contributed by atoms with E-state index >= 15 is 0 Å². The molecule has 156 valence electrons. The molecule has 0 aliphatic carbocycles. The molecule has 0 unspecified atom stereocenters. The van der Waals surface area contributed by atoms with E-state index in [1.807, 2.05) is 19.9 Å². The van der Waals surface area contributed by atoms with Crippen molar-refractivity contribution < 1.29 is 22.7 Å². The third-order valence-electron chi connectivity index (χ3n) is 5.26. The fourth-order valence-corrected chi connectivity index (χ4v) is 6.01. The van der Waals surface area contributed by atoms with Crippen molar-refractivity contribution in [3.05, 3.63) is 52.4 Å². The molecular weight excluding hydrogens is 410 g/mol. The maximum atomic E-state index is 12.7. The molecule has 0 spiro atoms. The van der Waals surface area contributed by atoms with Crippen molar-refractivity contribution in [1.82, 2.24) is 4.31 Å². The van der Waals surface area contributed by atoms with Crippen LogP contribution in [0.5, 0.6) is 0 Å². The van der Waals surface area contributed by atoms with Crippen molar-refractivity contribution in [2.45, 2.75) is 43.9 Å². The van der Waals surface area contributed by atoms with Gasteiger partial charge in [0.1, 0.15) is 4.21 Å². The minimum Gasteiger partial charge on any atom is -0.454 e. The van der Waals surface area contributed by atoms with Crippen LogP contribution in [-0.2, 0) is 19.6 Å². The van der Waals surface area contributed by atoms with Crippen molar-refractivity contribution in [3.8, 4) is 0 Å². The van der Waals surface area contributed by atoms with E-state index in [9.17, 15) is 18.0 Å². The Hall–Kier alpha value is -2.03. The standard InChI is InChI=1S/C21H25NO5S2/c1-14-8-9-17(12-15(14)2)20(23)16(3)27-21(24)18-6-4-10-22(13-18)29(25,26)19-7-5-11-28-19/h5,7-9,11-12,16,18H,4,6,10,13H2,1-3H3/t16-,18-/m0/s1.